The second-order valence-electron chi connectivity index (χ2n) is 8.86. The lowest BCUT2D eigenvalue weighted by Gasteiger charge is -2.38. The summed E-state index contributed by atoms with van der Waals surface area (Å²) in [6.07, 6.45) is 5.13. The van der Waals surface area contributed by atoms with E-state index < -0.39 is 5.60 Å². The largest absolute Gasteiger partial charge is 0.493 e. The molecular formula is C26H32ClN3O4. The second-order valence-corrected chi connectivity index (χ2v) is 9.30. The molecule has 0 aliphatic carbocycles. The molecule has 7 nitrogen and oxygen atoms in total. The van der Waals surface area contributed by atoms with Crippen LogP contribution in [0.4, 0.5) is 0 Å². The number of rotatable bonds is 10. The SMILES string of the molecule is COc1cc(CN2CCC(O)(COc3cccc(Cl)c3)CC2)ccc1OCCn1cc(C)cn1. The van der Waals surface area contributed by atoms with E-state index in [4.69, 9.17) is 25.8 Å². The smallest absolute Gasteiger partial charge is 0.161 e. The molecule has 8 heteroatoms. The Hall–Kier alpha value is -2.74. The third-order valence-electron chi connectivity index (χ3n) is 6.06. The van der Waals surface area contributed by atoms with Crippen LogP contribution in [0.2, 0.25) is 5.02 Å². The Morgan fingerprint density at radius 3 is 2.62 bits per heavy atom. The van der Waals surface area contributed by atoms with Gasteiger partial charge in [0, 0.05) is 30.9 Å². The van der Waals surface area contributed by atoms with Gasteiger partial charge in [-0.15, -0.1) is 0 Å². The van der Waals surface area contributed by atoms with Crippen molar-refractivity contribution in [2.75, 3.05) is 33.4 Å². The summed E-state index contributed by atoms with van der Waals surface area (Å²) >= 11 is 6.01. The van der Waals surface area contributed by atoms with Crippen molar-refractivity contribution >= 4 is 11.6 Å². The highest BCUT2D eigenvalue weighted by Crippen LogP contribution is 2.30. The molecule has 1 saturated heterocycles. The van der Waals surface area contributed by atoms with Crippen LogP contribution in [0.15, 0.2) is 54.9 Å². The summed E-state index contributed by atoms with van der Waals surface area (Å²) in [5, 5.41) is 15.8. The molecular weight excluding hydrogens is 454 g/mol. The maximum Gasteiger partial charge on any atom is 0.161 e. The average Bonchev–Trinajstić information content (AvgIpc) is 3.25. The van der Waals surface area contributed by atoms with Gasteiger partial charge in [0.15, 0.2) is 11.5 Å². The van der Waals surface area contributed by atoms with Crippen LogP contribution >= 0.6 is 11.6 Å². The van der Waals surface area contributed by atoms with E-state index in [1.165, 1.54) is 0 Å². The van der Waals surface area contributed by atoms with Crippen LogP contribution < -0.4 is 14.2 Å². The summed E-state index contributed by atoms with van der Waals surface area (Å²) in [5.74, 6) is 2.12. The molecule has 0 amide bonds. The average molecular weight is 486 g/mol. The molecule has 0 atom stereocenters. The molecule has 1 aliphatic heterocycles. The van der Waals surface area contributed by atoms with Gasteiger partial charge in [0.2, 0.25) is 0 Å². The van der Waals surface area contributed by atoms with Gasteiger partial charge in [0.1, 0.15) is 24.6 Å². The molecule has 0 unspecified atom stereocenters. The highest BCUT2D eigenvalue weighted by atomic mass is 35.5. The quantitative estimate of drug-likeness (QED) is 0.460. The summed E-state index contributed by atoms with van der Waals surface area (Å²) in [7, 11) is 1.66. The normalized spacial score (nSPS) is 15.8. The van der Waals surface area contributed by atoms with Crippen molar-refractivity contribution in [3.05, 3.63) is 71.0 Å². The lowest BCUT2D eigenvalue weighted by molar-refractivity contribution is -0.0537. The standard InChI is InChI=1S/C26H32ClN3O4/c1-20-16-28-30(17-20)12-13-33-24-7-6-21(14-25(24)32-2)18-29-10-8-26(31,9-11-29)19-34-23-5-3-4-22(27)15-23/h3-7,14-17,31H,8-13,18-19H2,1-2H3. The molecule has 1 aromatic heterocycles. The number of ether oxygens (including phenoxy) is 3. The Morgan fingerprint density at radius 1 is 1.09 bits per heavy atom. The Kier molecular flexibility index (Phi) is 7.98. The molecule has 0 saturated carbocycles. The van der Waals surface area contributed by atoms with Crippen molar-refractivity contribution < 1.29 is 19.3 Å². The highest BCUT2D eigenvalue weighted by Gasteiger charge is 2.33. The zero-order chi connectivity index (χ0) is 24.0. The molecule has 182 valence electrons. The van der Waals surface area contributed by atoms with Crippen molar-refractivity contribution in [1.82, 2.24) is 14.7 Å². The van der Waals surface area contributed by atoms with Gasteiger partial charge in [0.05, 0.1) is 19.9 Å². The van der Waals surface area contributed by atoms with Crippen molar-refractivity contribution in [3.63, 3.8) is 0 Å². The first-order valence-corrected chi connectivity index (χ1v) is 11.9. The van der Waals surface area contributed by atoms with E-state index in [1.54, 1.807) is 19.2 Å². The predicted molar refractivity (Wildman–Crippen MR) is 132 cm³/mol. The number of hydrogen-bond acceptors (Lipinski definition) is 6. The molecule has 1 aliphatic rings. The summed E-state index contributed by atoms with van der Waals surface area (Å²) in [6.45, 7) is 5.84. The van der Waals surface area contributed by atoms with Gasteiger partial charge >= 0.3 is 0 Å². The lowest BCUT2D eigenvalue weighted by Crippen LogP contribution is -2.47. The van der Waals surface area contributed by atoms with Crippen LogP contribution in [0.3, 0.4) is 0 Å². The summed E-state index contributed by atoms with van der Waals surface area (Å²) < 4.78 is 19.2. The summed E-state index contributed by atoms with van der Waals surface area (Å²) in [6, 6.07) is 13.3. The topological polar surface area (TPSA) is 69.0 Å². The van der Waals surface area contributed by atoms with Crippen LogP contribution in [0.5, 0.6) is 17.2 Å². The van der Waals surface area contributed by atoms with Crippen LogP contribution in [0, 0.1) is 6.92 Å². The Bertz CT molecular complexity index is 1080. The Labute approximate surface area is 205 Å². The van der Waals surface area contributed by atoms with Crippen molar-refractivity contribution in [2.24, 2.45) is 0 Å². The number of aliphatic hydroxyl groups is 1. The Morgan fingerprint density at radius 2 is 1.91 bits per heavy atom. The van der Waals surface area contributed by atoms with Gasteiger partial charge in [-0.1, -0.05) is 23.7 Å². The van der Waals surface area contributed by atoms with Crippen LogP contribution in [0.25, 0.3) is 0 Å². The number of aromatic nitrogens is 2. The first kappa shape index (κ1) is 24.4. The number of halogens is 1. The molecule has 2 aromatic carbocycles. The minimum absolute atomic E-state index is 0.263. The monoisotopic (exact) mass is 485 g/mol. The summed E-state index contributed by atoms with van der Waals surface area (Å²) in [4.78, 5) is 2.34. The predicted octanol–water partition coefficient (Wildman–Crippen LogP) is 4.34. The van der Waals surface area contributed by atoms with Crippen molar-refractivity contribution in [1.29, 1.82) is 0 Å². The van der Waals surface area contributed by atoms with Gasteiger partial charge in [-0.3, -0.25) is 9.58 Å². The van der Waals surface area contributed by atoms with Crippen molar-refractivity contribution in [3.8, 4) is 17.2 Å². The molecule has 2 heterocycles. The van der Waals surface area contributed by atoms with E-state index >= 15 is 0 Å². The van der Waals surface area contributed by atoms with E-state index in [9.17, 15) is 5.11 Å². The Balaban J connectivity index is 1.25. The van der Waals surface area contributed by atoms with E-state index in [0.717, 1.165) is 42.3 Å². The van der Waals surface area contributed by atoms with Gasteiger partial charge in [-0.25, -0.2) is 0 Å². The highest BCUT2D eigenvalue weighted by molar-refractivity contribution is 6.30. The third-order valence-corrected chi connectivity index (χ3v) is 6.30. The second kappa shape index (κ2) is 11.1. The van der Waals surface area contributed by atoms with Crippen LogP contribution in [0.1, 0.15) is 24.0 Å². The maximum absolute atomic E-state index is 10.9. The lowest BCUT2D eigenvalue weighted by atomic mass is 9.92. The van der Waals surface area contributed by atoms with Crippen molar-refractivity contribution in [2.45, 2.75) is 38.5 Å². The van der Waals surface area contributed by atoms with E-state index in [1.807, 2.05) is 48.3 Å². The number of hydrogen-bond donors (Lipinski definition) is 1. The first-order valence-electron chi connectivity index (χ1n) is 11.5. The summed E-state index contributed by atoms with van der Waals surface area (Å²) in [5.41, 5.74) is 1.45. The fraction of sp³-hybridized carbons (Fsp3) is 0.423. The van der Waals surface area contributed by atoms with E-state index in [-0.39, 0.29) is 6.61 Å². The third kappa shape index (κ3) is 6.65. The number of nitrogens with zero attached hydrogens (tertiary/aromatic N) is 3. The fourth-order valence-electron chi connectivity index (χ4n) is 4.07. The van der Waals surface area contributed by atoms with Gasteiger partial charge in [0.25, 0.3) is 0 Å². The molecule has 0 bridgehead atoms. The van der Waals surface area contributed by atoms with E-state index in [2.05, 4.69) is 16.1 Å². The van der Waals surface area contributed by atoms with Gasteiger partial charge in [-0.05, 0) is 61.2 Å². The first-order chi connectivity index (χ1) is 16.4. The zero-order valence-electron chi connectivity index (χ0n) is 19.7. The molecule has 0 radical (unpaired) electrons. The molecule has 0 spiro atoms. The van der Waals surface area contributed by atoms with E-state index in [0.29, 0.717) is 36.8 Å². The molecule has 1 N–H and O–H groups in total. The zero-order valence-corrected chi connectivity index (χ0v) is 20.5. The molecule has 34 heavy (non-hydrogen) atoms. The maximum atomic E-state index is 10.9. The molecule has 1 fully saturated rings. The number of methoxy groups -OCH3 is 1. The fourth-order valence-corrected chi connectivity index (χ4v) is 4.25. The van der Waals surface area contributed by atoms with Gasteiger partial charge in [-0.2, -0.15) is 5.10 Å². The van der Waals surface area contributed by atoms with Crippen LogP contribution in [-0.2, 0) is 13.1 Å². The van der Waals surface area contributed by atoms with Gasteiger partial charge < -0.3 is 19.3 Å². The molecule has 4 rings (SSSR count). The number of aryl methyl sites for hydroxylation is 1. The van der Waals surface area contributed by atoms with Crippen LogP contribution in [-0.4, -0.2) is 58.8 Å². The minimum Gasteiger partial charge on any atom is -0.493 e. The number of likely N-dealkylation sites (tertiary alicyclic amines) is 1. The molecule has 3 aromatic rings. The minimum atomic E-state index is -0.832. The number of benzene rings is 2. The number of piperidine rings is 1.